The van der Waals surface area contributed by atoms with Gasteiger partial charge in [-0.3, -0.25) is 0 Å². The van der Waals surface area contributed by atoms with E-state index in [2.05, 4.69) is 25.9 Å². The SMILES string of the molecule is CCNC(=NCc1coc(-c2cccs2)n1)NCCCNC(=O)OC(C)(C)C. The van der Waals surface area contributed by atoms with E-state index in [1.165, 1.54) is 0 Å². The lowest BCUT2D eigenvalue weighted by Gasteiger charge is -2.19. The Labute approximate surface area is 169 Å². The largest absolute Gasteiger partial charge is 0.444 e. The summed E-state index contributed by atoms with van der Waals surface area (Å²) in [5, 5.41) is 11.2. The van der Waals surface area contributed by atoms with Crippen LogP contribution in [0.25, 0.3) is 10.8 Å². The fraction of sp³-hybridized carbons (Fsp3) is 0.526. The number of nitrogens with one attached hydrogen (secondary N) is 3. The Morgan fingerprint density at radius 2 is 2.07 bits per heavy atom. The topological polar surface area (TPSA) is 101 Å². The van der Waals surface area contributed by atoms with Crippen LogP contribution in [0.2, 0.25) is 0 Å². The zero-order valence-electron chi connectivity index (χ0n) is 16.9. The van der Waals surface area contributed by atoms with Crippen LogP contribution < -0.4 is 16.0 Å². The quantitative estimate of drug-likeness (QED) is 0.352. The first-order valence-corrected chi connectivity index (χ1v) is 10.2. The van der Waals surface area contributed by atoms with Crippen LogP contribution in [0.15, 0.2) is 33.2 Å². The van der Waals surface area contributed by atoms with Crippen molar-refractivity contribution in [3.63, 3.8) is 0 Å². The van der Waals surface area contributed by atoms with Gasteiger partial charge in [0.25, 0.3) is 0 Å². The average molecular weight is 408 g/mol. The molecule has 0 aliphatic carbocycles. The van der Waals surface area contributed by atoms with E-state index in [4.69, 9.17) is 9.15 Å². The number of rotatable bonds is 8. The number of hydrogen-bond donors (Lipinski definition) is 3. The molecule has 2 aromatic rings. The summed E-state index contributed by atoms with van der Waals surface area (Å²) < 4.78 is 10.7. The maximum atomic E-state index is 11.6. The predicted molar refractivity (Wildman–Crippen MR) is 111 cm³/mol. The van der Waals surface area contributed by atoms with Gasteiger partial charge in [0.15, 0.2) is 5.96 Å². The summed E-state index contributed by atoms with van der Waals surface area (Å²) in [6.45, 7) is 9.88. The van der Waals surface area contributed by atoms with E-state index in [1.54, 1.807) is 17.6 Å². The third kappa shape index (κ3) is 7.99. The van der Waals surface area contributed by atoms with Crippen molar-refractivity contribution in [2.24, 2.45) is 4.99 Å². The third-order valence-corrected chi connectivity index (χ3v) is 4.20. The lowest BCUT2D eigenvalue weighted by Crippen LogP contribution is -2.39. The highest BCUT2D eigenvalue weighted by Gasteiger charge is 2.15. The van der Waals surface area contributed by atoms with Crippen molar-refractivity contribution in [3.8, 4) is 10.8 Å². The normalized spacial score (nSPS) is 11.9. The fourth-order valence-corrected chi connectivity index (χ4v) is 2.85. The second-order valence-electron chi connectivity index (χ2n) is 7.03. The lowest BCUT2D eigenvalue weighted by molar-refractivity contribution is 0.0527. The van der Waals surface area contributed by atoms with Gasteiger partial charge in [-0.2, -0.15) is 0 Å². The molecule has 0 atom stereocenters. The molecule has 0 saturated carbocycles. The molecule has 3 N–H and O–H groups in total. The number of ether oxygens (including phenoxy) is 1. The number of alkyl carbamates (subject to hydrolysis) is 1. The maximum absolute atomic E-state index is 11.6. The van der Waals surface area contributed by atoms with Crippen LogP contribution in [0.3, 0.4) is 0 Å². The number of carbonyl (C=O) groups is 1. The number of aliphatic imine (C=N–C) groups is 1. The zero-order valence-corrected chi connectivity index (χ0v) is 17.7. The van der Waals surface area contributed by atoms with Crippen LogP contribution >= 0.6 is 11.3 Å². The van der Waals surface area contributed by atoms with Crippen LogP contribution in [-0.4, -0.2) is 42.3 Å². The van der Waals surface area contributed by atoms with Gasteiger partial charge in [0.2, 0.25) is 5.89 Å². The highest BCUT2D eigenvalue weighted by atomic mass is 32.1. The van der Waals surface area contributed by atoms with Crippen LogP contribution in [-0.2, 0) is 11.3 Å². The molecule has 0 fully saturated rings. The Kier molecular flexibility index (Phi) is 8.31. The number of oxazole rings is 1. The van der Waals surface area contributed by atoms with Gasteiger partial charge < -0.3 is 25.1 Å². The summed E-state index contributed by atoms with van der Waals surface area (Å²) in [4.78, 5) is 21.6. The van der Waals surface area contributed by atoms with Crippen LogP contribution in [0.5, 0.6) is 0 Å². The Balaban J connectivity index is 1.74. The molecule has 0 unspecified atom stereocenters. The minimum Gasteiger partial charge on any atom is -0.444 e. The molecule has 0 bridgehead atoms. The van der Waals surface area contributed by atoms with Gasteiger partial charge in [-0.1, -0.05) is 6.07 Å². The van der Waals surface area contributed by atoms with E-state index in [0.29, 0.717) is 31.5 Å². The summed E-state index contributed by atoms with van der Waals surface area (Å²) >= 11 is 1.59. The van der Waals surface area contributed by atoms with Crippen molar-refractivity contribution >= 4 is 23.4 Å². The summed E-state index contributed by atoms with van der Waals surface area (Å²) in [6.07, 6.45) is 1.98. The number of carbonyl (C=O) groups excluding carboxylic acids is 1. The molecule has 2 aromatic heterocycles. The monoisotopic (exact) mass is 407 g/mol. The van der Waals surface area contributed by atoms with Crippen molar-refractivity contribution < 1.29 is 13.9 Å². The first-order chi connectivity index (χ1) is 13.4. The number of aromatic nitrogens is 1. The van der Waals surface area contributed by atoms with E-state index in [-0.39, 0.29) is 0 Å². The summed E-state index contributed by atoms with van der Waals surface area (Å²) in [5.74, 6) is 1.31. The van der Waals surface area contributed by atoms with Crippen molar-refractivity contribution in [2.75, 3.05) is 19.6 Å². The molecule has 0 aromatic carbocycles. The van der Waals surface area contributed by atoms with Gasteiger partial charge in [0.05, 0.1) is 11.4 Å². The van der Waals surface area contributed by atoms with Gasteiger partial charge in [-0.15, -0.1) is 11.3 Å². The molecule has 2 rings (SSSR count). The van der Waals surface area contributed by atoms with E-state index < -0.39 is 11.7 Å². The maximum Gasteiger partial charge on any atom is 0.407 e. The molecule has 0 saturated heterocycles. The summed E-state index contributed by atoms with van der Waals surface area (Å²) in [7, 11) is 0. The van der Waals surface area contributed by atoms with E-state index >= 15 is 0 Å². The molecular formula is C19H29N5O3S. The second-order valence-corrected chi connectivity index (χ2v) is 7.97. The molecular weight excluding hydrogens is 378 g/mol. The van der Waals surface area contributed by atoms with Crippen molar-refractivity contribution in [2.45, 2.75) is 46.3 Å². The average Bonchev–Trinajstić information content (AvgIpc) is 3.29. The van der Waals surface area contributed by atoms with Gasteiger partial charge in [0.1, 0.15) is 17.6 Å². The van der Waals surface area contributed by atoms with E-state index in [1.807, 2.05) is 45.2 Å². The number of guanidine groups is 1. The Morgan fingerprint density at radius 1 is 1.29 bits per heavy atom. The standard InChI is InChI=1S/C19H29N5O3S/c1-5-20-17(21-9-7-10-22-18(25)27-19(2,3)4)23-12-14-13-26-16(24-14)15-8-6-11-28-15/h6,8,11,13H,5,7,9-10,12H2,1-4H3,(H,22,25)(H2,20,21,23). The van der Waals surface area contributed by atoms with Crippen LogP contribution in [0.4, 0.5) is 4.79 Å². The van der Waals surface area contributed by atoms with Crippen LogP contribution in [0, 0.1) is 0 Å². The molecule has 0 aliphatic heterocycles. The third-order valence-electron chi connectivity index (χ3n) is 3.34. The molecule has 9 heteroatoms. The van der Waals surface area contributed by atoms with Crippen molar-refractivity contribution in [3.05, 3.63) is 29.5 Å². The van der Waals surface area contributed by atoms with Crippen molar-refractivity contribution in [1.82, 2.24) is 20.9 Å². The molecule has 28 heavy (non-hydrogen) atoms. The minimum atomic E-state index is -0.488. The molecule has 0 aliphatic rings. The highest BCUT2D eigenvalue weighted by molar-refractivity contribution is 7.13. The van der Waals surface area contributed by atoms with E-state index in [0.717, 1.165) is 23.5 Å². The van der Waals surface area contributed by atoms with Gasteiger partial charge in [0, 0.05) is 19.6 Å². The van der Waals surface area contributed by atoms with Crippen molar-refractivity contribution in [1.29, 1.82) is 0 Å². The highest BCUT2D eigenvalue weighted by Crippen LogP contribution is 2.23. The van der Waals surface area contributed by atoms with Gasteiger partial charge in [-0.05, 0) is 45.6 Å². The number of nitrogens with zero attached hydrogens (tertiary/aromatic N) is 2. The Bertz CT molecular complexity index is 750. The molecule has 0 spiro atoms. The summed E-state index contributed by atoms with van der Waals surface area (Å²) in [5.41, 5.74) is 0.282. The predicted octanol–water partition coefficient (Wildman–Crippen LogP) is 3.37. The fourth-order valence-electron chi connectivity index (χ4n) is 2.19. The van der Waals surface area contributed by atoms with Gasteiger partial charge >= 0.3 is 6.09 Å². The van der Waals surface area contributed by atoms with E-state index in [9.17, 15) is 4.79 Å². The first kappa shape index (κ1) is 21.7. The zero-order chi connectivity index (χ0) is 20.4. The molecule has 0 radical (unpaired) electrons. The Hall–Kier alpha value is -2.55. The lowest BCUT2D eigenvalue weighted by atomic mass is 10.2. The first-order valence-electron chi connectivity index (χ1n) is 9.34. The molecule has 2 heterocycles. The molecule has 154 valence electrons. The Morgan fingerprint density at radius 3 is 2.75 bits per heavy atom. The molecule has 1 amide bonds. The molecule has 8 nitrogen and oxygen atoms in total. The summed E-state index contributed by atoms with van der Waals surface area (Å²) in [6, 6.07) is 3.94. The van der Waals surface area contributed by atoms with Crippen LogP contribution in [0.1, 0.15) is 39.8 Å². The second kappa shape index (κ2) is 10.7. The minimum absolute atomic E-state index is 0.402. The number of amides is 1. The van der Waals surface area contributed by atoms with Gasteiger partial charge in [-0.25, -0.2) is 14.8 Å². The smallest absolute Gasteiger partial charge is 0.407 e. The number of thiophene rings is 1. The number of hydrogen-bond acceptors (Lipinski definition) is 6.